The van der Waals surface area contributed by atoms with Gasteiger partial charge in [0.15, 0.2) is 0 Å². The lowest BCUT2D eigenvalue weighted by Gasteiger charge is -2.58. The van der Waals surface area contributed by atoms with Gasteiger partial charge in [-0.2, -0.15) is 0 Å². The van der Waals surface area contributed by atoms with Gasteiger partial charge < -0.3 is 0 Å². The fourth-order valence-corrected chi connectivity index (χ4v) is 14.7. The number of nitrogens with zero attached hydrogens (tertiary/aromatic N) is 4. The Hall–Kier alpha value is 0.700. The molecule has 0 aliphatic carbocycles. The first-order valence-electron chi connectivity index (χ1n) is 12.6. The maximum Gasteiger partial charge on any atom is 0.0978 e. The zero-order valence-corrected chi connectivity index (χ0v) is 23.6. The average Bonchev–Trinajstić information content (AvgIpc) is 2.60. The van der Waals surface area contributed by atoms with E-state index < -0.39 is 0 Å². The Balaban J connectivity index is 2.49. The van der Waals surface area contributed by atoms with Crippen LogP contribution in [-0.4, -0.2) is 70.0 Å². The van der Waals surface area contributed by atoms with Crippen LogP contribution in [0.25, 0.3) is 0 Å². The molecule has 4 atom stereocenters. The third-order valence-corrected chi connectivity index (χ3v) is 14.0. The molecule has 0 N–H and O–H groups in total. The normalized spacial score (nSPS) is 31.0. The van der Waals surface area contributed by atoms with E-state index in [4.69, 9.17) is 0 Å². The van der Waals surface area contributed by atoms with Crippen molar-refractivity contribution in [3.8, 4) is 0 Å². The van der Waals surface area contributed by atoms with E-state index in [1.807, 2.05) is 0 Å². The van der Waals surface area contributed by atoms with Crippen LogP contribution in [0.4, 0.5) is 0 Å². The van der Waals surface area contributed by atoms with Crippen molar-refractivity contribution < 1.29 is 0 Å². The zero-order valence-electron chi connectivity index (χ0n) is 21.8. The minimum atomic E-state index is -0.304. The molecular weight excluding hydrogens is 406 g/mol. The molecule has 2 rings (SSSR count). The highest BCUT2D eigenvalue weighted by Gasteiger charge is 2.47. The molecule has 0 radical (unpaired) electrons. The van der Waals surface area contributed by atoms with E-state index >= 15 is 0 Å². The number of hydrogen-bond acceptors (Lipinski definition) is 4. The fraction of sp³-hybridized carbons (Fsp3) is 1.00. The van der Waals surface area contributed by atoms with Crippen molar-refractivity contribution in [1.29, 1.82) is 0 Å². The number of rotatable bonds is 9. The lowest BCUT2D eigenvalue weighted by atomic mass is 10.1. The molecule has 0 bridgehead atoms. The molecule has 6 heteroatoms. The molecule has 2 heterocycles. The van der Waals surface area contributed by atoms with Gasteiger partial charge in [-0.15, -0.1) is 0 Å². The lowest BCUT2D eigenvalue weighted by Crippen LogP contribution is -2.50. The molecule has 0 aromatic carbocycles. The SMILES string of the molecule is CC(C)CN1CCC(C)N(CC(C)C)P1P1N(CC(C)C)CCC(C)N1CC(C)C. The minimum absolute atomic E-state index is 0.304. The van der Waals surface area contributed by atoms with Crippen molar-refractivity contribution in [2.75, 3.05) is 39.3 Å². The van der Waals surface area contributed by atoms with Crippen LogP contribution in [0.15, 0.2) is 0 Å². The molecule has 2 saturated heterocycles. The Labute approximate surface area is 191 Å². The van der Waals surface area contributed by atoms with Gasteiger partial charge in [0, 0.05) is 51.4 Å². The lowest BCUT2D eigenvalue weighted by molar-refractivity contribution is 0.216. The van der Waals surface area contributed by atoms with Crippen LogP contribution >= 0.6 is 15.8 Å². The van der Waals surface area contributed by atoms with E-state index in [1.165, 1.54) is 52.1 Å². The Morgan fingerprint density at radius 2 is 0.867 bits per heavy atom. The highest BCUT2D eigenvalue weighted by atomic mass is 32.1. The smallest absolute Gasteiger partial charge is 0.0978 e. The Kier molecular flexibility index (Phi) is 11.0. The molecule has 2 fully saturated rings. The van der Waals surface area contributed by atoms with Crippen molar-refractivity contribution in [2.24, 2.45) is 23.7 Å². The molecule has 0 saturated carbocycles. The second kappa shape index (κ2) is 12.2. The van der Waals surface area contributed by atoms with Gasteiger partial charge >= 0.3 is 0 Å². The third kappa shape index (κ3) is 7.36. The first kappa shape index (κ1) is 26.9. The van der Waals surface area contributed by atoms with Crippen LogP contribution in [-0.2, 0) is 0 Å². The van der Waals surface area contributed by atoms with Crippen molar-refractivity contribution in [1.82, 2.24) is 18.7 Å². The molecule has 30 heavy (non-hydrogen) atoms. The van der Waals surface area contributed by atoms with Crippen LogP contribution in [0.1, 0.15) is 82.1 Å². The van der Waals surface area contributed by atoms with Crippen molar-refractivity contribution in [3.63, 3.8) is 0 Å². The second-order valence-corrected chi connectivity index (χ2v) is 16.8. The summed E-state index contributed by atoms with van der Waals surface area (Å²) in [5, 5.41) is 0. The van der Waals surface area contributed by atoms with Crippen molar-refractivity contribution in [3.05, 3.63) is 0 Å². The summed E-state index contributed by atoms with van der Waals surface area (Å²) >= 11 is 0. The van der Waals surface area contributed by atoms with Gasteiger partial charge in [0.25, 0.3) is 0 Å². The quantitative estimate of drug-likeness (QED) is 0.347. The maximum atomic E-state index is 2.98. The molecule has 0 amide bonds. The van der Waals surface area contributed by atoms with Crippen molar-refractivity contribution in [2.45, 2.75) is 94.2 Å². The summed E-state index contributed by atoms with van der Waals surface area (Å²) in [6, 6.07) is 1.42. The monoisotopic (exact) mass is 458 g/mol. The van der Waals surface area contributed by atoms with Crippen molar-refractivity contribution >= 4 is 15.8 Å². The van der Waals surface area contributed by atoms with Crippen LogP contribution in [0.2, 0.25) is 0 Å². The molecule has 2 aliphatic heterocycles. The van der Waals surface area contributed by atoms with Gasteiger partial charge in [-0.25, -0.2) is 0 Å². The van der Waals surface area contributed by atoms with E-state index in [2.05, 4.69) is 87.9 Å². The largest absolute Gasteiger partial charge is 0.264 e. The Morgan fingerprint density at radius 1 is 0.567 bits per heavy atom. The summed E-state index contributed by atoms with van der Waals surface area (Å²) < 4.78 is 11.9. The molecule has 0 aromatic rings. The maximum absolute atomic E-state index is 2.98. The van der Waals surface area contributed by atoms with Crippen LogP contribution in [0, 0.1) is 23.7 Å². The number of hydrogen-bond donors (Lipinski definition) is 0. The molecular formula is C24H52N4P2. The molecule has 0 spiro atoms. The second-order valence-electron chi connectivity index (χ2n) is 11.5. The standard InChI is InChI=1S/C24H52N4P2/c1-19(2)15-25-13-11-23(9)27(17-21(5)6)29(25)30-26(16-20(3)4)14-12-24(10)28(30)18-22(7)8/h19-24H,11-18H2,1-10H3. The average molecular weight is 459 g/mol. The van der Waals surface area contributed by atoms with Gasteiger partial charge in [-0.1, -0.05) is 55.4 Å². The highest BCUT2D eigenvalue weighted by molar-refractivity contribution is 8.25. The van der Waals surface area contributed by atoms with Gasteiger partial charge in [0.05, 0.1) is 15.8 Å². The van der Waals surface area contributed by atoms with Crippen LogP contribution in [0.5, 0.6) is 0 Å². The summed E-state index contributed by atoms with van der Waals surface area (Å²) in [7, 11) is -0.608. The zero-order chi connectivity index (χ0) is 22.6. The predicted octanol–water partition coefficient (Wildman–Crippen LogP) is 6.94. The van der Waals surface area contributed by atoms with Gasteiger partial charge in [0.1, 0.15) is 0 Å². The summed E-state index contributed by atoms with van der Waals surface area (Å²) in [5.41, 5.74) is 0. The Bertz CT molecular complexity index is 456. The van der Waals surface area contributed by atoms with E-state index in [1.54, 1.807) is 0 Å². The third-order valence-electron chi connectivity index (χ3n) is 6.01. The van der Waals surface area contributed by atoms with E-state index in [0.29, 0.717) is 12.1 Å². The Morgan fingerprint density at radius 3 is 1.13 bits per heavy atom. The summed E-state index contributed by atoms with van der Waals surface area (Å²) in [6.07, 6.45) is 2.65. The van der Waals surface area contributed by atoms with E-state index in [-0.39, 0.29) is 15.8 Å². The summed E-state index contributed by atoms with van der Waals surface area (Å²) in [4.78, 5) is 0. The predicted molar refractivity (Wildman–Crippen MR) is 138 cm³/mol. The van der Waals surface area contributed by atoms with E-state index in [9.17, 15) is 0 Å². The van der Waals surface area contributed by atoms with Crippen LogP contribution in [0.3, 0.4) is 0 Å². The van der Waals surface area contributed by atoms with Gasteiger partial charge in [-0.3, -0.25) is 18.7 Å². The molecule has 4 unspecified atom stereocenters. The fourth-order valence-electron chi connectivity index (χ4n) is 4.68. The first-order valence-corrected chi connectivity index (χ1v) is 15.8. The van der Waals surface area contributed by atoms with Crippen LogP contribution < -0.4 is 0 Å². The molecule has 4 nitrogen and oxygen atoms in total. The van der Waals surface area contributed by atoms with Gasteiger partial charge in [-0.05, 0) is 50.4 Å². The molecule has 2 aliphatic rings. The molecule has 178 valence electrons. The first-order chi connectivity index (χ1) is 14.0. The summed E-state index contributed by atoms with van der Waals surface area (Å²) in [6.45, 7) is 31.9. The molecule has 0 aromatic heterocycles. The highest BCUT2D eigenvalue weighted by Crippen LogP contribution is 2.78. The van der Waals surface area contributed by atoms with E-state index in [0.717, 1.165) is 23.7 Å². The van der Waals surface area contributed by atoms with Gasteiger partial charge in [0.2, 0.25) is 0 Å². The minimum Gasteiger partial charge on any atom is -0.264 e. The summed E-state index contributed by atoms with van der Waals surface area (Å²) in [5.74, 6) is 2.92. The topological polar surface area (TPSA) is 13.0 Å².